The third kappa shape index (κ3) is 2.31. The summed E-state index contributed by atoms with van der Waals surface area (Å²) in [7, 11) is 1.79. The average molecular weight is 347 g/mol. The molecule has 6 atom stereocenters. The molecule has 140 valence electrons. The van der Waals surface area contributed by atoms with E-state index in [1.807, 2.05) is 0 Å². The number of allylic oxidation sites excluding steroid dienone is 3. The van der Waals surface area contributed by atoms with Crippen LogP contribution in [-0.2, 0) is 4.74 Å². The highest BCUT2D eigenvalue weighted by Gasteiger charge is 2.64. The summed E-state index contributed by atoms with van der Waals surface area (Å²) in [6.07, 6.45) is 11.3. The summed E-state index contributed by atoms with van der Waals surface area (Å²) in [5.74, 6) is 3.09. The highest BCUT2D eigenvalue weighted by molar-refractivity contribution is 5.33. The van der Waals surface area contributed by atoms with Crippen molar-refractivity contribution >= 4 is 0 Å². The predicted octanol–water partition coefficient (Wildman–Crippen LogP) is 4.35. The van der Waals surface area contributed by atoms with Gasteiger partial charge in [-0.3, -0.25) is 0 Å². The Kier molecular flexibility index (Phi) is 4.31. The van der Waals surface area contributed by atoms with Gasteiger partial charge in [0.2, 0.25) is 0 Å². The first-order chi connectivity index (χ1) is 12.0. The number of rotatable bonds is 3. The zero-order valence-electron chi connectivity index (χ0n) is 16.1. The molecule has 0 aromatic heterocycles. The van der Waals surface area contributed by atoms with Crippen LogP contribution in [0.3, 0.4) is 0 Å². The van der Waals surface area contributed by atoms with E-state index in [4.69, 9.17) is 4.74 Å². The van der Waals surface area contributed by atoms with Gasteiger partial charge in [-0.05, 0) is 82.1 Å². The summed E-state index contributed by atoms with van der Waals surface area (Å²) < 4.78 is 5.50. The SMILES string of the molecule is CC[C@]12CC[C@@H]3C4=C(CC[C@H]3[C@@H]1CC[C@@]2(O)C(C)O)CC(OC)=CC4. The van der Waals surface area contributed by atoms with Gasteiger partial charge in [0, 0.05) is 11.8 Å². The number of hydrogen-bond acceptors (Lipinski definition) is 3. The monoisotopic (exact) mass is 346 g/mol. The molecule has 25 heavy (non-hydrogen) atoms. The van der Waals surface area contributed by atoms with Gasteiger partial charge < -0.3 is 14.9 Å². The molecule has 1 unspecified atom stereocenters. The molecule has 2 saturated carbocycles. The molecular formula is C22H34O3. The van der Waals surface area contributed by atoms with Crippen molar-refractivity contribution in [3.05, 3.63) is 23.0 Å². The number of hydrogen-bond donors (Lipinski definition) is 2. The van der Waals surface area contributed by atoms with Crippen LogP contribution < -0.4 is 0 Å². The quantitative estimate of drug-likeness (QED) is 0.747. The Morgan fingerprint density at radius 3 is 2.76 bits per heavy atom. The molecule has 0 bridgehead atoms. The molecule has 0 radical (unpaired) electrons. The Labute approximate surface area is 152 Å². The standard InChI is InChI=1S/C22H34O3/c1-4-21-11-9-18-17-8-6-16(25-3)13-15(17)5-7-19(18)20(21)10-12-22(21,24)14(2)23/h6,14,18-20,23-24H,4-5,7-13H2,1-3H3/t14?,18-,19-,20+,21+,22-/m1/s1. The molecular weight excluding hydrogens is 312 g/mol. The van der Waals surface area contributed by atoms with E-state index in [1.165, 1.54) is 19.3 Å². The molecule has 0 spiro atoms. The maximum Gasteiger partial charge on any atom is 0.0961 e. The fourth-order valence-electron chi connectivity index (χ4n) is 7.28. The molecule has 3 nitrogen and oxygen atoms in total. The highest BCUT2D eigenvalue weighted by Crippen LogP contribution is 2.66. The van der Waals surface area contributed by atoms with Gasteiger partial charge in [0.25, 0.3) is 0 Å². The smallest absolute Gasteiger partial charge is 0.0961 e. The van der Waals surface area contributed by atoms with Crippen molar-refractivity contribution in [2.24, 2.45) is 23.2 Å². The maximum absolute atomic E-state index is 11.4. The fraction of sp³-hybridized carbons (Fsp3) is 0.818. The lowest BCUT2D eigenvalue weighted by Gasteiger charge is -2.56. The van der Waals surface area contributed by atoms with E-state index in [1.54, 1.807) is 25.2 Å². The first kappa shape index (κ1) is 17.6. The summed E-state index contributed by atoms with van der Waals surface area (Å²) in [6, 6.07) is 0. The zero-order chi connectivity index (χ0) is 17.8. The van der Waals surface area contributed by atoms with Crippen molar-refractivity contribution in [2.45, 2.75) is 83.3 Å². The van der Waals surface area contributed by atoms with Gasteiger partial charge in [-0.2, -0.15) is 0 Å². The summed E-state index contributed by atoms with van der Waals surface area (Å²) >= 11 is 0. The van der Waals surface area contributed by atoms with E-state index in [0.29, 0.717) is 17.8 Å². The summed E-state index contributed by atoms with van der Waals surface area (Å²) in [5.41, 5.74) is 2.35. The molecule has 2 fully saturated rings. The van der Waals surface area contributed by atoms with Gasteiger partial charge in [-0.1, -0.05) is 18.1 Å². The molecule has 4 aliphatic carbocycles. The van der Waals surface area contributed by atoms with Crippen LogP contribution in [0.1, 0.15) is 71.6 Å². The van der Waals surface area contributed by atoms with E-state index in [2.05, 4.69) is 13.0 Å². The molecule has 0 aromatic carbocycles. The lowest BCUT2D eigenvalue weighted by atomic mass is 9.50. The minimum Gasteiger partial charge on any atom is -0.501 e. The minimum atomic E-state index is -0.887. The molecule has 2 N–H and O–H groups in total. The van der Waals surface area contributed by atoms with Crippen molar-refractivity contribution in [1.82, 2.24) is 0 Å². The van der Waals surface area contributed by atoms with Crippen LogP contribution in [-0.4, -0.2) is 29.0 Å². The minimum absolute atomic E-state index is 0.0808. The third-order valence-corrected chi connectivity index (χ3v) is 8.55. The van der Waals surface area contributed by atoms with Gasteiger partial charge in [-0.15, -0.1) is 0 Å². The van der Waals surface area contributed by atoms with E-state index < -0.39 is 11.7 Å². The Balaban J connectivity index is 1.64. The number of aliphatic hydroxyl groups is 2. The van der Waals surface area contributed by atoms with Crippen molar-refractivity contribution < 1.29 is 14.9 Å². The van der Waals surface area contributed by atoms with Crippen LogP contribution in [0.25, 0.3) is 0 Å². The maximum atomic E-state index is 11.4. The zero-order valence-corrected chi connectivity index (χ0v) is 16.1. The fourth-order valence-corrected chi connectivity index (χ4v) is 7.28. The second-order valence-corrected chi connectivity index (χ2v) is 8.99. The molecule has 0 saturated heterocycles. The van der Waals surface area contributed by atoms with Crippen molar-refractivity contribution in [3.8, 4) is 0 Å². The molecule has 0 aliphatic heterocycles. The van der Waals surface area contributed by atoms with Crippen molar-refractivity contribution in [1.29, 1.82) is 0 Å². The molecule has 0 aromatic rings. The molecule has 0 amide bonds. The number of fused-ring (bicyclic) bond motifs is 4. The average Bonchev–Trinajstić information content (AvgIpc) is 2.95. The Morgan fingerprint density at radius 1 is 1.28 bits per heavy atom. The van der Waals surface area contributed by atoms with Gasteiger partial charge >= 0.3 is 0 Å². The Hall–Kier alpha value is -0.800. The Morgan fingerprint density at radius 2 is 2.08 bits per heavy atom. The van der Waals surface area contributed by atoms with Crippen molar-refractivity contribution in [3.63, 3.8) is 0 Å². The molecule has 4 aliphatic rings. The van der Waals surface area contributed by atoms with Crippen LogP contribution in [0, 0.1) is 23.2 Å². The van der Waals surface area contributed by atoms with Gasteiger partial charge in [0.15, 0.2) is 0 Å². The number of aliphatic hydroxyl groups excluding tert-OH is 1. The van der Waals surface area contributed by atoms with Gasteiger partial charge in [0.05, 0.1) is 24.6 Å². The lowest BCUT2D eigenvalue weighted by Crippen LogP contribution is -2.57. The first-order valence-corrected chi connectivity index (χ1v) is 10.3. The second-order valence-electron chi connectivity index (χ2n) is 8.99. The van der Waals surface area contributed by atoms with Gasteiger partial charge in [0.1, 0.15) is 0 Å². The predicted molar refractivity (Wildman–Crippen MR) is 98.9 cm³/mol. The van der Waals surface area contributed by atoms with Crippen LogP contribution in [0.4, 0.5) is 0 Å². The largest absolute Gasteiger partial charge is 0.501 e. The second kappa shape index (κ2) is 6.13. The normalized spacial score (nSPS) is 44.5. The van der Waals surface area contributed by atoms with Crippen molar-refractivity contribution in [2.75, 3.05) is 7.11 Å². The lowest BCUT2D eigenvalue weighted by molar-refractivity contribution is -0.171. The van der Waals surface area contributed by atoms with E-state index in [9.17, 15) is 10.2 Å². The summed E-state index contributed by atoms with van der Waals surface area (Å²) in [4.78, 5) is 0. The molecule has 3 heteroatoms. The van der Waals surface area contributed by atoms with Crippen LogP contribution in [0.5, 0.6) is 0 Å². The molecule has 4 rings (SSSR count). The summed E-state index contributed by atoms with van der Waals surface area (Å²) in [6.45, 7) is 4.03. The van der Waals surface area contributed by atoms with Gasteiger partial charge in [-0.25, -0.2) is 0 Å². The highest BCUT2D eigenvalue weighted by atomic mass is 16.5. The van der Waals surface area contributed by atoms with E-state index >= 15 is 0 Å². The van der Waals surface area contributed by atoms with E-state index in [-0.39, 0.29) is 5.41 Å². The topological polar surface area (TPSA) is 49.7 Å². The number of ether oxygens (including phenoxy) is 1. The van der Waals surface area contributed by atoms with Crippen LogP contribution in [0.15, 0.2) is 23.0 Å². The first-order valence-electron chi connectivity index (χ1n) is 10.3. The Bertz CT molecular complexity index is 604. The molecule has 0 heterocycles. The van der Waals surface area contributed by atoms with Crippen LogP contribution in [0.2, 0.25) is 0 Å². The van der Waals surface area contributed by atoms with Crippen LogP contribution >= 0.6 is 0 Å². The third-order valence-electron chi connectivity index (χ3n) is 8.55. The van der Waals surface area contributed by atoms with E-state index in [0.717, 1.165) is 44.3 Å². The summed E-state index contributed by atoms with van der Waals surface area (Å²) in [5, 5.41) is 21.8. The number of methoxy groups -OCH3 is 1.